The highest BCUT2D eigenvalue weighted by Gasteiger charge is 2.51. The Morgan fingerprint density at radius 2 is 1.86 bits per heavy atom. The molecule has 0 bridgehead atoms. The van der Waals surface area contributed by atoms with E-state index in [0.717, 1.165) is 16.9 Å². The minimum absolute atomic E-state index is 0.178. The van der Waals surface area contributed by atoms with Crippen molar-refractivity contribution in [3.63, 3.8) is 0 Å². The van der Waals surface area contributed by atoms with Gasteiger partial charge in [0.25, 0.3) is 0 Å². The number of nitrogens with one attached hydrogen (secondary N) is 3. The fourth-order valence-corrected chi connectivity index (χ4v) is 3.78. The van der Waals surface area contributed by atoms with Gasteiger partial charge in [-0.05, 0) is 43.2 Å². The van der Waals surface area contributed by atoms with Crippen molar-refractivity contribution in [3.8, 4) is 0 Å². The van der Waals surface area contributed by atoms with Crippen molar-refractivity contribution >= 4 is 51.7 Å². The number of hydrogen-bond acceptors (Lipinski definition) is 3. The Morgan fingerprint density at radius 3 is 2.52 bits per heavy atom. The number of carbonyl (C=O) groups excluding carboxylic acids is 2. The van der Waals surface area contributed by atoms with Crippen LogP contribution in [0.2, 0.25) is 10.0 Å². The molecule has 1 fully saturated rings. The van der Waals surface area contributed by atoms with Crippen molar-refractivity contribution in [3.05, 3.63) is 58.3 Å². The number of amides is 2. The van der Waals surface area contributed by atoms with E-state index in [-0.39, 0.29) is 17.7 Å². The van der Waals surface area contributed by atoms with Crippen molar-refractivity contribution in [1.82, 2.24) is 15.3 Å². The molecule has 0 spiro atoms. The number of carbonyl (C=O) groups is 2. The molecule has 29 heavy (non-hydrogen) atoms. The smallest absolute Gasteiger partial charge is 0.250 e. The number of imidazole rings is 1. The summed E-state index contributed by atoms with van der Waals surface area (Å²) in [4.78, 5) is 33.2. The number of H-pyrrole nitrogens is 1. The second-order valence-corrected chi connectivity index (χ2v) is 8.36. The molecule has 1 heterocycles. The van der Waals surface area contributed by atoms with E-state index in [2.05, 4.69) is 20.6 Å². The molecule has 8 heteroatoms. The molecule has 150 valence electrons. The minimum atomic E-state index is -0.881. The van der Waals surface area contributed by atoms with Crippen LogP contribution in [-0.4, -0.2) is 27.3 Å². The zero-order valence-corrected chi connectivity index (χ0v) is 17.3. The summed E-state index contributed by atoms with van der Waals surface area (Å²) in [5, 5.41) is 6.57. The molecular formula is C21H20Cl2N4O2. The predicted molar refractivity (Wildman–Crippen MR) is 114 cm³/mol. The number of aromatic nitrogens is 2. The van der Waals surface area contributed by atoms with Crippen molar-refractivity contribution in [2.75, 3.05) is 5.32 Å². The number of hydrogen-bond donors (Lipinski definition) is 3. The SMILES string of the molecule is C[C@@H](Cc1nc2ccccc2[nH]1)C(=O)NC1(C(=O)Nc2cc(Cl)cc(Cl)c2)CC1. The predicted octanol–water partition coefficient (Wildman–Crippen LogP) is 4.34. The van der Waals surface area contributed by atoms with Gasteiger partial charge in [0, 0.05) is 28.1 Å². The summed E-state index contributed by atoms with van der Waals surface area (Å²) < 4.78 is 0. The second kappa shape index (κ2) is 7.69. The lowest BCUT2D eigenvalue weighted by Gasteiger charge is -2.20. The van der Waals surface area contributed by atoms with E-state index in [1.54, 1.807) is 18.2 Å². The topological polar surface area (TPSA) is 86.9 Å². The minimum Gasteiger partial charge on any atom is -0.342 e. The van der Waals surface area contributed by atoms with Crippen LogP contribution in [0.5, 0.6) is 0 Å². The molecule has 1 atom stereocenters. The lowest BCUT2D eigenvalue weighted by atomic mass is 10.1. The van der Waals surface area contributed by atoms with Crippen LogP contribution in [0.15, 0.2) is 42.5 Å². The Labute approximate surface area is 178 Å². The van der Waals surface area contributed by atoms with Crippen LogP contribution in [0, 0.1) is 5.92 Å². The Kier molecular flexibility index (Phi) is 5.23. The van der Waals surface area contributed by atoms with E-state index in [1.165, 1.54) is 0 Å². The molecule has 0 aliphatic heterocycles. The molecule has 0 saturated heterocycles. The number of aromatic amines is 1. The van der Waals surface area contributed by atoms with Gasteiger partial charge in [0.1, 0.15) is 11.4 Å². The number of fused-ring (bicyclic) bond motifs is 1. The molecule has 2 amide bonds. The molecule has 1 saturated carbocycles. The summed E-state index contributed by atoms with van der Waals surface area (Å²) in [7, 11) is 0. The van der Waals surface area contributed by atoms with Crippen molar-refractivity contribution in [1.29, 1.82) is 0 Å². The average molecular weight is 431 g/mol. The largest absolute Gasteiger partial charge is 0.342 e. The molecule has 4 rings (SSSR count). The van der Waals surface area contributed by atoms with Gasteiger partial charge >= 0.3 is 0 Å². The first kappa shape index (κ1) is 19.7. The molecule has 2 aromatic carbocycles. The molecule has 6 nitrogen and oxygen atoms in total. The van der Waals surface area contributed by atoms with Crippen molar-refractivity contribution < 1.29 is 9.59 Å². The average Bonchev–Trinajstić information content (AvgIpc) is 3.32. The maximum Gasteiger partial charge on any atom is 0.250 e. The van der Waals surface area contributed by atoms with Gasteiger partial charge in [0.05, 0.1) is 11.0 Å². The first-order valence-electron chi connectivity index (χ1n) is 9.38. The highest BCUT2D eigenvalue weighted by atomic mass is 35.5. The summed E-state index contributed by atoms with van der Waals surface area (Å²) in [6.45, 7) is 1.83. The van der Waals surface area contributed by atoms with Crippen LogP contribution < -0.4 is 10.6 Å². The van der Waals surface area contributed by atoms with Gasteiger partial charge in [0.15, 0.2) is 0 Å². The number of benzene rings is 2. The van der Waals surface area contributed by atoms with E-state index in [4.69, 9.17) is 23.2 Å². The lowest BCUT2D eigenvalue weighted by Crippen LogP contribution is -2.48. The zero-order chi connectivity index (χ0) is 20.6. The van der Waals surface area contributed by atoms with Crippen LogP contribution in [0.25, 0.3) is 11.0 Å². The number of nitrogens with zero attached hydrogens (tertiary/aromatic N) is 1. The number of anilines is 1. The molecule has 0 radical (unpaired) electrons. The van der Waals surface area contributed by atoms with Gasteiger partial charge in [0.2, 0.25) is 11.8 Å². The van der Waals surface area contributed by atoms with Crippen LogP contribution in [0.4, 0.5) is 5.69 Å². The van der Waals surface area contributed by atoms with E-state index >= 15 is 0 Å². The molecule has 3 aromatic rings. The monoisotopic (exact) mass is 430 g/mol. The molecule has 0 unspecified atom stereocenters. The fraction of sp³-hybridized carbons (Fsp3) is 0.286. The lowest BCUT2D eigenvalue weighted by molar-refractivity contribution is -0.129. The highest BCUT2D eigenvalue weighted by Crippen LogP contribution is 2.37. The maximum absolute atomic E-state index is 12.7. The Morgan fingerprint density at radius 1 is 1.17 bits per heavy atom. The van der Waals surface area contributed by atoms with Crippen LogP contribution >= 0.6 is 23.2 Å². The highest BCUT2D eigenvalue weighted by molar-refractivity contribution is 6.35. The third-order valence-electron chi connectivity index (χ3n) is 5.05. The quantitative estimate of drug-likeness (QED) is 0.543. The Hall–Kier alpha value is -2.57. The fourth-order valence-electron chi connectivity index (χ4n) is 3.25. The zero-order valence-electron chi connectivity index (χ0n) is 15.8. The van der Waals surface area contributed by atoms with Crippen LogP contribution in [0.3, 0.4) is 0 Å². The molecule has 1 aromatic heterocycles. The van der Waals surface area contributed by atoms with Crippen molar-refractivity contribution in [2.24, 2.45) is 5.92 Å². The van der Waals surface area contributed by atoms with Crippen LogP contribution in [0.1, 0.15) is 25.6 Å². The van der Waals surface area contributed by atoms with E-state index in [1.807, 2.05) is 31.2 Å². The molecule has 1 aliphatic rings. The van der Waals surface area contributed by atoms with E-state index in [9.17, 15) is 9.59 Å². The summed E-state index contributed by atoms with van der Waals surface area (Å²) in [6.07, 6.45) is 1.65. The van der Waals surface area contributed by atoms with Gasteiger partial charge in [-0.3, -0.25) is 9.59 Å². The van der Waals surface area contributed by atoms with Gasteiger partial charge in [-0.25, -0.2) is 4.98 Å². The van der Waals surface area contributed by atoms with Crippen molar-refractivity contribution in [2.45, 2.75) is 31.7 Å². The normalized spacial score (nSPS) is 15.7. The Bertz CT molecular complexity index is 1040. The Balaban J connectivity index is 1.39. The number of rotatable bonds is 6. The van der Waals surface area contributed by atoms with Crippen LogP contribution in [-0.2, 0) is 16.0 Å². The van der Waals surface area contributed by atoms with Gasteiger partial charge < -0.3 is 15.6 Å². The summed E-state index contributed by atoms with van der Waals surface area (Å²) >= 11 is 12.0. The third-order valence-corrected chi connectivity index (χ3v) is 5.49. The maximum atomic E-state index is 12.7. The second-order valence-electron chi connectivity index (χ2n) is 7.49. The summed E-state index contributed by atoms with van der Waals surface area (Å²) in [5.74, 6) is -0.0273. The first-order valence-corrected chi connectivity index (χ1v) is 10.1. The first-order chi connectivity index (χ1) is 13.8. The molecule has 1 aliphatic carbocycles. The summed E-state index contributed by atoms with van der Waals surface area (Å²) in [5.41, 5.74) is 1.43. The standard InChI is InChI=1S/C21H20Cl2N4O2/c1-12(8-18-25-16-4-2-3-5-17(16)26-18)19(28)27-21(6-7-21)20(29)24-15-10-13(22)9-14(23)11-15/h2-5,9-12H,6-8H2,1H3,(H,24,29)(H,25,26)(H,27,28)/t12-/m0/s1. The molecule has 3 N–H and O–H groups in total. The summed E-state index contributed by atoms with van der Waals surface area (Å²) in [6, 6.07) is 12.6. The van der Waals surface area contributed by atoms with Gasteiger partial charge in [-0.1, -0.05) is 42.3 Å². The molecular weight excluding hydrogens is 411 g/mol. The number of halogens is 2. The third kappa shape index (κ3) is 4.38. The van der Waals surface area contributed by atoms with E-state index < -0.39 is 5.54 Å². The number of para-hydroxylation sites is 2. The van der Waals surface area contributed by atoms with E-state index in [0.29, 0.717) is 35.0 Å². The van der Waals surface area contributed by atoms with Gasteiger partial charge in [-0.15, -0.1) is 0 Å². The van der Waals surface area contributed by atoms with Gasteiger partial charge in [-0.2, -0.15) is 0 Å².